The molecule has 3 atom stereocenters. The maximum absolute atomic E-state index is 2.72. The minimum atomic E-state index is 0.979. The van der Waals surface area contributed by atoms with Crippen molar-refractivity contribution in [3.8, 4) is 0 Å². The third-order valence-electron chi connectivity index (χ3n) is 4.11. The Bertz CT molecular complexity index is 168. The lowest BCUT2D eigenvalue weighted by atomic mass is 9.99. The molecule has 0 amide bonds. The van der Waals surface area contributed by atoms with E-state index in [1.54, 1.807) is 6.42 Å². The normalized spacial score (nSPS) is 33.0. The number of hydrogen-bond acceptors (Lipinski definition) is 1. The van der Waals surface area contributed by atoms with Crippen molar-refractivity contribution in [2.24, 2.45) is 17.8 Å². The van der Waals surface area contributed by atoms with Crippen LogP contribution in [0.25, 0.3) is 0 Å². The molecule has 0 aromatic rings. The second-order valence-corrected chi connectivity index (χ2v) is 5.39. The van der Waals surface area contributed by atoms with Gasteiger partial charge in [0.25, 0.3) is 0 Å². The van der Waals surface area contributed by atoms with Crippen LogP contribution in [0.15, 0.2) is 0 Å². The molecular weight excluding hydrogens is 170 g/mol. The maximum atomic E-state index is 2.72. The summed E-state index contributed by atoms with van der Waals surface area (Å²) in [4.78, 5) is 2.72. The Morgan fingerprint density at radius 2 is 1.93 bits per heavy atom. The van der Waals surface area contributed by atoms with Crippen LogP contribution in [-0.4, -0.2) is 24.5 Å². The number of nitrogens with zero attached hydrogens (tertiary/aromatic N) is 1. The molecule has 1 saturated carbocycles. The molecule has 82 valence electrons. The first-order valence-corrected chi connectivity index (χ1v) is 6.55. The van der Waals surface area contributed by atoms with E-state index in [4.69, 9.17) is 0 Å². The van der Waals surface area contributed by atoms with Crippen molar-refractivity contribution in [3.05, 3.63) is 0 Å². The van der Waals surface area contributed by atoms with Crippen LogP contribution in [0.3, 0.4) is 0 Å². The zero-order valence-corrected chi connectivity index (χ0v) is 9.84. The average molecular weight is 195 g/mol. The van der Waals surface area contributed by atoms with E-state index in [0.717, 1.165) is 17.8 Å². The summed E-state index contributed by atoms with van der Waals surface area (Å²) >= 11 is 0. The monoisotopic (exact) mass is 195 g/mol. The van der Waals surface area contributed by atoms with E-state index in [1.807, 2.05) is 0 Å². The smallest absolute Gasteiger partial charge is 0.00131 e. The first-order chi connectivity index (χ1) is 6.83. The van der Waals surface area contributed by atoms with Gasteiger partial charge in [0.15, 0.2) is 0 Å². The summed E-state index contributed by atoms with van der Waals surface area (Å²) in [5, 5.41) is 0. The Labute approximate surface area is 88.9 Å². The van der Waals surface area contributed by atoms with E-state index in [-0.39, 0.29) is 0 Å². The van der Waals surface area contributed by atoms with Gasteiger partial charge in [-0.3, -0.25) is 0 Å². The Kier molecular flexibility index (Phi) is 3.48. The van der Waals surface area contributed by atoms with Gasteiger partial charge < -0.3 is 4.90 Å². The van der Waals surface area contributed by atoms with Crippen molar-refractivity contribution in [2.75, 3.05) is 19.6 Å². The lowest BCUT2D eigenvalue weighted by Gasteiger charge is -2.23. The van der Waals surface area contributed by atoms with E-state index >= 15 is 0 Å². The molecule has 2 fully saturated rings. The number of unbranched alkanes of at least 4 members (excludes halogenated alkanes) is 1. The molecule has 0 bridgehead atoms. The predicted octanol–water partition coefficient (Wildman–Crippen LogP) is 3.15. The SMILES string of the molecule is CCCCC(CC)CN1CC2CC2C1. The number of fused-ring (bicyclic) bond motifs is 1. The third-order valence-corrected chi connectivity index (χ3v) is 4.11. The quantitative estimate of drug-likeness (QED) is 0.629. The van der Waals surface area contributed by atoms with Crippen molar-refractivity contribution in [1.29, 1.82) is 0 Å². The molecule has 0 aromatic heterocycles. The van der Waals surface area contributed by atoms with Gasteiger partial charge in [-0.2, -0.15) is 0 Å². The first kappa shape index (κ1) is 10.5. The van der Waals surface area contributed by atoms with Crippen molar-refractivity contribution in [2.45, 2.75) is 46.0 Å². The molecule has 0 spiro atoms. The topological polar surface area (TPSA) is 3.24 Å². The lowest BCUT2D eigenvalue weighted by molar-refractivity contribution is 0.240. The highest BCUT2D eigenvalue weighted by Crippen LogP contribution is 2.45. The fourth-order valence-electron chi connectivity index (χ4n) is 2.93. The van der Waals surface area contributed by atoms with Crippen LogP contribution < -0.4 is 0 Å². The lowest BCUT2D eigenvalue weighted by Crippen LogP contribution is -2.28. The molecule has 1 aliphatic heterocycles. The van der Waals surface area contributed by atoms with Crippen LogP contribution in [0, 0.1) is 17.8 Å². The second kappa shape index (κ2) is 4.65. The van der Waals surface area contributed by atoms with Crippen LogP contribution in [-0.2, 0) is 0 Å². The van der Waals surface area contributed by atoms with Gasteiger partial charge in [-0.15, -0.1) is 0 Å². The summed E-state index contributed by atoms with van der Waals surface area (Å²) in [5.74, 6) is 3.20. The summed E-state index contributed by atoms with van der Waals surface area (Å²) in [5.41, 5.74) is 0. The molecule has 0 aromatic carbocycles. The van der Waals surface area contributed by atoms with Crippen molar-refractivity contribution in [1.82, 2.24) is 4.90 Å². The molecule has 0 N–H and O–H groups in total. The molecule has 2 aliphatic rings. The van der Waals surface area contributed by atoms with Gasteiger partial charge in [0.2, 0.25) is 0 Å². The number of rotatable bonds is 6. The molecule has 1 nitrogen and oxygen atoms in total. The molecule has 0 radical (unpaired) electrons. The minimum absolute atomic E-state index is 0.979. The molecule has 1 heteroatoms. The van der Waals surface area contributed by atoms with Gasteiger partial charge in [0.1, 0.15) is 0 Å². The van der Waals surface area contributed by atoms with E-state index < -0.39 is 0 Å². The Balaban J connectivity index is 1.66. The zero-order valence-electron chi connectivity index (χ0n) is 9.84. The van der Waals surface area contributed by atoms with E-state index in [2.05, 4.69) is 18.7 Å². The van der Waals surface area contributed by atoms with Gasteiger partial charge in [-0.05, 0) is 30.6 Å². The van der Waals surface area contributed by atoms with Gasteiger partial charge in [0.05, 0.1) is 0 Å². The standard InChI is InChI=1S/C13H25N/c1-3-5-6-11(4-2)8-14-9-12-7-13(12)10-14/h11-13H,3-10H2,1-2H3. The Hall–Kier alpha value is -0.0400. The summed E-state index contributed by atoms with van der Waals surface area (Å²) in [6, 6.07) is 0. The van der Waals surface area contributed by atoms with Crippen molar-refractivity contribution in [3.63, 3.8) is 0 Å². The van der Waals surface area contributed by atoms with Crippen LogP contribution in [0.4, 0.5) is 0 Å². The Morgan fingerprint density at radius 1 is 1.21 bits per heavy atom. The molecule has 1 aliphatic carbocycles. The highest BCUT2D eigenvalue weighted by atomic mass is 15.2. The van der Waals surface area contributed by atoms with E-state index in [9.17, 15) is 0 Å². The van der Waals surface area contributed by atoms with Gasteiger partial charge in [-0.1, -0.05) is 33.1 Å². The Morgan fingerprint density at radius 3 is 2.50 bits per heavy atom. The van der Waals surface area contributed by atoms with Crippen molar-refractivity contribution < 1.29 is 0 Å². The van der Waals surface area contributed by atoms with Gasteiger partial charge >= 0.3 is 0 Å². The van der Waals surface area contributed by atoms with Gasteiger partial charge in [-0.25, -0.2) is 0 Å². The summed E-state index contributed by atoms with van der Waals surface area (Å²) in [7, 11) is 0. The average Bonchev–Trinajstić information content (AvgIpc) is 2.81. The van der Waals surface area contributed by atoms with Crippen LogP contribution in [0.5, 0.6) is 0 Å². The molecule has 3 unspecified atom stereocenters. The molecular formula is C13H25N. The van der Waals surface area contributed by atoms with Crippen LogP contribution in [0.2, 0.25) is 0 Å². The molecule has 1 heterocycles. The summed E-state index contributed by atoms with van der Waals surface area (Å²) in [6.45, 7) is 8.90. The predicted molar refractivity (Wildman–Crippen MR) is 61.3 cm³/mol. The van der Waals surface area contributed by atoms with Crippen molar-refractivity contribution >= 4 is 0 Å². The highest BCUT2D eigenvalue weighted by molar-refractivity contribution is 4.97. The third kappa shape index (κ3) is 2.50. The van der Waals surface area contributed by atoms with E-state index in [1.165, 1.54) is 45.3 Å². The fraction of sp³-hybridized carbons (Fsp3) is 1.00. The summed E-state index contributed by atoms with van der Waals surface area (Å²) in [6.07, 6.45) is 7.17. The minimum Gasteiger partial charge on any atom is -0.302 e. The largest absolute Gasteiger partial charge is 0.302 e. The number of piperidine rings is 1. The van der Waals surface area contributed by atoms with E-state index in [0.29, 0.717) is 0 Å². The number of hydrogen-bond donors (Lipinski definition) is 0. The van der Waals surface area contributed by atoms with Gasteiger partial charge in [0, 0.05) is 19.6 Å². The first-order valence-electron chi connectivity index (χ1n) is 6.55. The summed E-state index contributed by atoms with van der Waals surface area (Å²) < 4.78 is 0. The van der Waals surface area contributed by atoms with Crippen LogP contribution >= 0.6 is 0 Å². The molecule has 14 heavy (non-hydrogen) atoms. The highest BCUT2D eigenvalue weighted by Gasteiger charge is 2.44. The van der Waals surface area contributed by atoms with Crippen LogP contribution in [0.1, 0.15) is 46.0 Å². The zero-order chi connectivity index (χ0) is 9.97. The maximum Gasteiger partial charge on any atom is 0.00131 e. The number of likely N-dealkylation sites (tertiary alicyclic amines) is 1. The molecule has 1 saturated heterocycles. The fourth-order valence-corrected chi connectivity index (χ4v) is 2.93. The molecule has 2 rings (SSSR count). The second-order valence-electron chi connectivity index (χ2n) is 5.39.